The van der Waals surface area contributed by atoms with Crippen LogP contribution in [0.5, 0.6) is 11.6 Å². The van der Waals surface area contributed by atoms with E-state index in [-0.39, 0.29) is 70.1 Å². The Morgan fingerprint density at radius 1 is 1.16 bits per heavy atom. The summed E-state index contributed by atoms with van der Waals surface area (Å²) in [4.78, 5) is 18.3. The zero-order valence-electron chi connectivity index (χ0n) is 23.9. The lowest BCUT2D eigenvalue weighted by Crippen LogP contribution is -2.46. The van der Waals surface area contributed by atoms with Crippen LogP contribution < -0.4 is 8.92 Å². The summed E-state index contributed by atoms with van der Waals surface area (Å²) in [6, 6.07) is 3.52. The highest BCUT2D eigenvalue weighted by molar-refractivity contribution is 7.88. The first-order valence-electron chi connectivity index (χ1n) is 13.2. The number of methoxy groups -OCH3 is 1. The number of aromatic nitrogens is 3. The van der Waals surface area contributed by atoms with Crippen LogP contribution in [0.3, 0.4) is 0 Å². The number of rotatable bonds is 9. The van der Waals surface area contributed by atoms with Crippen LogP contribution >= 0.6 is 11.3 Å². The van der Waals surface area contributed by atoms with E-state index in [0.29, 0.717) is 11.8 Å². The lowest BCUT2D eigenvalue weighted by atomic mass is 9.98. The minimum Gasteiger partial charge on any atom is -0.490 e. The summed E-state index contributed by atoms with van der Waals surface area (Å²) < 4.78 is 111. The molecule has 1 aromatic carbocycles. The molecule has 1 aliphatic rings. The highest BCUT2D eigenvalue weighted by atomic mass is 32.2. The van der Waals surface area contributed by atoms with Gasteiger partial charge in [-0.25, -0.2) is 13.8 Å². The van der Waals surface area contributed by atoms with E-state index in [4.69, 9.17) is 9.47 Å². The number of benzene rings is 1. The number of alkyl halides is 3. The molecule has 240 valence electrons. The lowest BCUT2D eigenvalue weighted by molar-refractivity contribution is -0.130. The average Bonchev–Trinajstić information content (AvgIpc) is 3.62. The van der Waals surface area contributed by atoms with Crippen molar-refractivity contribution in [1.82, 2.24) is 19.7 Å². The number of nitrogens with zero attached hydrogens (tertiary/aromatic N) is 4. The molecule has 3 aromatic heterocycles. The summed E-state index contributed by atoms with van der Waals surface area (Å²) in [5.41, 5.74) is -5.93. The number of carbonyl (C=O) groups is 1. The van der Waals surface area contributed by atoms with Crippen LogP contribution in [-0.2, 0) is 26.2 Å². The summed E-state index contributed by atoms with van der Waals surface area (Å²) in [7, 11) is -4.77. The number of hydrogen-bond acceptors (Lipinski definition) is 9. The molecule has 0 N–H and O–H groups in total. The van der Waals surface area contributed by atoms with Gasteiger partial charge in [-0.3, -0.25) is 9.48 Å². The van der Waals surface area contributed by atoms with Crippen LogP contribution in [0.15, 0.2) is 42.3 Å². The van der Waals surface area contributed by atoms with Gasteiger partial charge < -0.3 is 18.6 Å². The minimum absolute atomic E-state index is 0.0110. The van der Waals surface area contributed by atoms with Crippen molar-refractivity contribution < 1.29 is 48.8 Å². The van der Waals surface area contributed by atoms with E-state index >= 15 is 4.39 Å². The fourth-order valence-corrected chi connectivity index (χ4v) is 6.34. The van der Waals surface area contributed by atoms with Gasteiger partial charge >= 0.3 is 15.6 Å². The second-order valence-electron chi connectivity index (χ2n) is 10.0. The third-order valence-corrected chi connectivity index (χ3v) is 9.16. The van der Waals surface area contributed by atoms with Crippen LogP contribution in [0.25, 0.3) is 32.6 Å². The van der Waals surface area contributed by atoms with Gasteiger partial charge in [-0.1, -0.05) is 6.58 Å². The first-order valence-corrected chi connectivity index (χ1v) is 15.5. The quantitative estimate of drug-likeness (QED) is 0.0718. The van der Waals surface area contributed by atoms with Crippen molar-refractivity contribution in [3.63, 3.8) is 0 Å². The van der Waals surface area contributed by atoms with Crippen LogP contribution in [0.4, 0.5) is 22.0 Å². The highest BCUT2D eigenvalue weighted by Crippen LogP contribution is 2.48. The van der Waals surface area contributed by atoms with Crippen LogP contribution in [0.1, 0.15) is 25.6 Å². The largest absolute Gasteiger partial charge is 0.534 e. The summed E-state index contributed by atoms with van der Waals surface area (Å²) in [6.45, 7) is 7.13. The standard InChI is InChI=1S/C28H25F5N4O6S2/c1-5-22(38)36-13-17-12-20(35-37(17)15(3)14(36)2)25-24(23-19(30)10-16(29)11-21(23)42-8-7-41-4)26-18(6-9-44-26)27(34-25)43-45(39,40)28(31,32)33/h5-6,9-12,14-15H,1,7-8,13H2,2-4H3/t14-,15-/m1/s1. The molecule has 17 heteroatoms. The summed E-state index contributed by atoms with van der Waals surface area (Å²) in [6.07, 6.45) is 1.16. The van der Waals surface area contributed by atoms with Crippen molar-refractivity contribution >= 4 is 37.4 Å². The van der Waals surface area contributed by atoms with Gasteiger partial charge in [-0.05, 0) is 37.4 Å². The predicted octanol–water partition coefficient (Wildman–Crippen LogP) is 5.84. The van der Waals surface area contributed by atoms with Crippen molar-refractivity contribution in [2.75, 3.05) is 20.3 Å². The predicted molar refractivity (Wildman–Crippen MR) is 154 cm³/mol. The van der Waals surface area contributed by atoms with Crippen LogP contribution in [-0.4, -0.2) is 65.9 Å². The maximum Gasteiger partial charge on any atom is 0.534 e. The number of ether oxygens (including phenoxy) is 2. The Hall–Kier alpha value is -4.09. The van der Waals surface area contributed by atoms with Crippen molar-refractivity contribution in [2.24, 2.45) is 0 Å². The van der Waals surface area contributed by atoms with Gasteiger partial charge in [-0.15, -0.1) is 11.3 Å². The van der Waals surface area contributed by atoms with Gasteiger partial charge in [0, 0.05) is 24.8 Å². The third kappa shape index (κ3) is 5.86. The molecule has 0 bridgehead atoms. The molecule has 0 spiro atoms. The molecule has 5 rings (SSSR count). The number of fused-ring (bicyclic) bond motifs is 2. The molecule has 0 unspecified atom stereocenters. The second-order valence-corrected chi connectivity index (χ2v) is 12.5. The first kappa shape index (κ1) is 32.3. The van der Waals surface area contributed by atoms with Crippen molar-refractivity contribution in [3.05, 3.63) is 59.6 Å². The maximum atomic E-state index is 15.8. The first-order chi connectivity index (χ1) is 21.2. The molecule has 10 nitrogen and oxygen atoms in total. The maximum absolute atomic E-state index is 15.8. The Labute approximate surface area is 257 Å². The molecule has 0 aliphatic carbocycles. The van der Waals surface area contributed by atoms with Crippen molar-refractivity contribution in [3.8, 4) is 34.1 Å². The van der Waals surface area contributed by atoms with E-state index in [9.17, 15) is 30.8 Å². The number of carbonyl (C=O) groups excluding carboxylic acids is 1. The minimum atomic E-state index is -6.17. The molecule has 1 amide bonds. The molecule has 0 radical (unpaired) electrons. The van der Waals surface area contributed by atoms with E-state index in [1.807, 2.05) is 0 Å². The Morgan fingerprint density at radius 2 is 1.89 bits per heavy atom. The molecular formula is C28H25F5N4O6S2. The van der Waals surface area contributed by atoms with Gasteiger partial charge in [0.15, 0.2) is 0 Å². The van der Waals surface area contributed by atoms with Gasteiger partial charge in [-0.2, -0.15) is 26.7 Å². The van der Waals surface area contributed by atoms with Gasteiger partial charge in [0.1, 0.15) is 35.4 Å². The molecule has 2 atom stereocenters. The Balaban J connectivity index is 1.81. The van der Waals surface area contributed by atoms with E-state index in [1.165, 1.54) is 24.6 Å². The number of pyridine rings is 1. The summed E-state index contributed by atoms with van der Waals surface area (Å²) >= 11 is 0.923. The van der Waals surface area contributed by atoms with E-state index in [2.05, 4.69) is 20.8 Å². The summed E-state index contributed by atoms with van der Waals surface area (Å²) in [5.74, 6) is -3.61. The lowest BCUT2D eigenvalue weighted by Gasteiger charge is -2.37. The van der Waals surface area contributed by atoms with Gasteiger partial charge in [0.2, 0.25) is 11.8 Å². The molecule has 0 saturated heterocycles. The Bertz CT molecular complexity index is 1910. The van der Waals surface area contributed by atoms with Gasteiger partial charge in [0.25, 0.3) is 0 Å². The van der Waals surface area contributed by atoms with Crippen LogP contribution in [0.2, 0.25) is 0 Å². The van der Waals surface area contributed by atoms with Crippen molar-refractivity contribution in [2.45, 2.75) is 38.0 Å². The van der Waals surface area contributed by atoms with E-state index in [0.717, 1.165) is 23.5 Å². The number of amides is 1. The smallest absolute Gasteiger partial charge is 0.490 e. The number of halogens is 5. The van der Waals surface area contributed by atoms with Crippen molar-refractivity contribution in [1.29, 1.82) is 0 Å². The topological polar surface area (TPSA) is 113 Å². The van der Waals surface area contributed by atoms with E-state index < -0.39 is 39.2 Å². The highest BCUT2D eigenvalue weighted by Gasteiger charge is 2.49. The molecule has 0 fully saturated rings. The Morgan fingerprint density at radius 3 is 2.56 bits per heavy atom. The zero-order valence-corrected chi connectivity index (χ0v) is 25.5. The number of hydrogen-bond donors (Lipinski definition) is 0. The SMILES string of the molecule is C=CC(=O)N1Cc2cc(-c3nc(OS(=O)(=O)C(F)(F)F)c4ccsc4c3-c3c(F)cc(F)cc3OCCOC)nn2[C@H](C)[C@H]1C. The second kappa shape index (κ2) is 12.0. The monoisotopic (exact) mass is 672 g/mol. The normalized spacial score (nSPS) is 16.9. The Kier molecular flexibility index (Phi) is 8.63. The summed E-state index contributed by atoms with van der Waals surface area (Å²) in [5, 5.41) is 5.83. The zero-order chi connectivity index (χ0) is 32.8. The third-order valence-electron chi connectivity index (χ3n) is 7.28. The van der Waals surface area contributed by atoms with Gasteiger partial charge in [0.05, 0.1) is 46.6 Å². The fraction of sp³-hybridized carbons (Fsp3) is 0.321. The molecule has 1 aliphatic heterocycles. The average molecular weight is 673 g/mol. The molecular weight excluding hydrogens is 647 g/mol. The van der Waals surface area contributed by atoms with E-state index in [1.54, 1.807) is 23.4 Å². The molecule has 4 heterocycles. The number of thiophene rings is 1. The molecule has 4 aromatic rings. The fourth-order valence-electron chi connectivity index (χ4n) is 4.97. The molecule has 45 heavy (non-hydrogen) atoms. The van der Waals surface area contributed by atoms with Crippen LogP contribution in [0, 0.1) is 11.6 Å². The molecule has 0 saturated carbocycles.